The molecule has 2 fully saturated rings. The van der Waals surface area contributed by atoms with Gasteiger partial charge in [0.05, 0.1) is 6.10 Å². The van der Waals surface area contributed by atoms with Gasteiger partial charge in [0, 0.05) is 24.8 Å². The van der Waals surface area contributed by atoms with E-state index in [1.165, 1.54) is 32.1 Å². The first kappa shape index (κ1) is 12.9. The molecule has 0 spiro atoms. The highest BCUT2D eigenvalue weighted by atomic mass is 16.3. The number of nitrogens with zero attached hydrogens (tertiary/aromatic N) is 2. The normalized spacial score (nSPS) is 28.8. The predicted molar refractivity (Wildman–Crippen MR) is 77.1 cm³/mol. The van der Waals surface area contributed by atoms with E-state index in [2.05, 4.69) is 9.88 Å². The fourth-order valence-electron chi connectivity index (χ4n) is 3.79. The summed E-state index contributed by atoms with van der Waals surface area (Å²) < 4.78 is 0. The molecule has 0 bridgehead atoms. The van der Waals surface area contributed by atoms with Crippen LogP contribution in [0.25, 0.3) is 0 Å². The molecule has 3 rings (SSSR count). The number of aliphatic hydroxyl groups is 1. The van der Waals surface area contributed by atoms with Gasteiger partial charge in [0.1, 0.15) is 5.82 Å². The second-order valence-corrected chi connectivity index (χ2v) is 6.13. The van der Waals surface area contributed by atoms with Gasteiger partial charge in [0.2, 0.25) is 0 Å². The van der Waals surface area contributed by atoms with E-state index in [0.717, 1.165) is 36.3 Å². The molecule has 3 nitrogen and oxygen atoms in total. The number of aliphatic hydroxyl groups excluding tert-OH is 1. The van der Waals surface area contributed by atoms with Crippen LogP contribution in [0.5, 0.6) is 0 Å². The maximum atomic E-state index is 9.90. The van der Waals surface area contributed by atoms with Crippen LogP contribution < -0.4 is 4.90 Å². The smallest absolute Gasteiger partial charge is 0.134 e. The third-order valence-electron chi connectivity index (χ3n) is 4.86. The Kier molecular flexibility index (Phi) is 3.74. The standard InChI is InChI=1S/C16H24N2O/c1-12(19)15-7-4-9-17-16(15)18-10-8-13-5-2-3-6-14(13)11-18/h4,7,9,12-14,19H,2-3,5-6,8,10-11H2,1H3/t12-,13?,14?/m0/s1. The zero-order valence-electron chi connectivity index (χ0n) is 11.8. The summed E-state index contributed by atoms with van der Waals surface area (Å²) in [4.78, 5) is 6.92. The summed E-state index contributed by atoms with van der Waals surface area (Å²) in [5.41, 5.74) is 0.969. The lowest BCUT2D eigenvalue weighted by atomic mass is 9.75. The molecular weight excluding hydrogens is 236 g/mol. The summed E-state index contributed by atoms with van der Waals surface area (Å²) >= 11 is 0. The van der Waals surface area contributed by atoms with Crippen molar-refractivity contribution in [2.45, 2.75) is 45.1 Å². The van der Waals surface area contributed by atoms with Gasteiger partial charge in [-0.15, -0.1) is 0 Å². The molecule has 104 valence electrons. The van der Waals surface area contributed by atoms with Crippen molar-refractivity contribution in [2.24, 2.45) is 11.8 Å². The van der Waals surface area contributed by atoms with Crippen molar-refractivity contribution in [2.75, 3.05) is 18.0 Å². The molecule has 2 heterocycles. The molecule has 3 heteroatoms. The molecule has 1 aliphatic heterocycles. The molecule has 0 radical (unpaired) electrons. The minimum Gasteiger partial charge on any atom is -0.389 e. The molecule has 0 aromatic carbocycles. The van der Waals surface area contributed by atoms with E-state index in [9.17, 15) is 5.11 Å². The molecule has 2 unspecified atom stereocenters. The molecule has 3 atom stereocenters. The lowest BCUT2D eigenvalue weighted by Gasteiger charge is -2.42. The average molecular weight is 260 g/mol. The first-order valence-electron chi connectivity index (χ1n) is 7.63. The van der Waals surface area contributed by atoms with Crippen LogP contribution in [0, 0.1) is 11.8 Å². The number of anilines is 1. The number of rotatable bonds is 2. The Labute approximate surface area is 115 Å². The van der Waals surface area contributed by atoms with Gasteiger partial charge in [0.15, 0.2) is 0 Å². The van der Waals surface area contributed by atoms with Crippen LogP contribution in [-0.2, 0) is 0 Å². The Bertz CT molecular complexity index is 433. The minimum atomic E-state index is -0.437. The molecule has 1 aromatic heterocycles. The van der Waals surface area contributed by atoms with Gasteiger partial charge in [-0.3, -0.25) is 0 Å². The van der Waals surface area contributed by atoms with E-state index < -0.39 is 6.10 Å². The predicted octanol–water partition coefficient (Wildman–Crippen LogP) is 3.15. The molecule has 1 saturated carbocycles. The highest BCUT2D eigenvalue weighted by molar-refractivity contribution is 5.48. The summed E-state index contributed by atoms with van der Waals surface area (Å²) in [5, 5.41) is 9.90. The zero-order valence-corrected chi connectivity index (χ0v) is 11.8. The summed E-state index contributed by atoms with van der Waals surface area (Å²) in [5.74, 6) is 2.77. The molecule has 1 saturated heterocycles. The van der Waals surface area contributed by atoms with Crippen LogP contribution in [0.4, 0.5) is 5.82 Å². The Morgan fingerprint density at radius 2 is 2.05 bits per heavy atom. The van der Waals surface area contributed by atoms with Crippen molar-refractivity contribution in [3.05, 3.63) is 23.9 Å². The summed E-state index contributed by atoms with van der Waals surface area (Å²) in [6.07, 6.45) is 8.30. The SMILES string of the molecule is C[C@H](O)c1cccnc1N1CCC2CCCCC2C1. The Balaban J connectivity index is 1.79. The number of pyridine rings is 1. The average Bonchev–Trinajstić information content (AvgIpc) is 2.46. The Morgan fingerprint density at radius 1 is 1.26 bits per heavy atom. The first-order chi connectivity index (χ1) is 9.25. The second-order valence-electron chi connectivity index (χ2n) is 6.13. The fourth-order valence-corrected chi connectivity index (χ4v) is 3.79. The fraction of sp³-hybridized carbons (Fsp3) is 0.688. The van der Waals surface area contributed by atoms with Crippen molar-refractivity contribution >= 4 is 5.82 Å². The topological polar surface area (TPSA) is 36.4 Å². The second kappa shape index (κ2) is 5.49. The van der Waals surface area contributed by atoms with Crippen molar-refractivity contribution in [3.63, 3.8) is 0 Å². The Hall–Kier alpha value is -1.09. The number of aromatic nitrogens is 1. The summed E-state index contributed by atoms with van der Waals surface area (Å²) in [6.45, 7) is 4.05. The summed E-state index contributed by atoms with van der Waals surface area (Å²) in [7, 11) is 0. The Morgan fingerprint density at radius 3 is 2.84 bits per heavy atom. The quantitative estimate of drug-likeness (QED) is 0.887. The minimum absolute atomic E-state index is 0.437. The van der Waals surface area contributed by atoms with Crippen molar-refractivity contribution in [1.29, 1.82) is 0 Å². The van der Waals surface area contributed by atoms with E-state index in [1.54, 1.807) is 0 Å². The number of hydrogen-bond donors (Lipinski definition) is 1. The van der Waals surface area contributed by atoms with E-state index in [1.807, 2.05) is 25.3 Å². The van der Waals surface area contributed by atoms with Crippen LogP contribution in [0.15, 0.2) is 18.3 Å². The van der Waals surface area contributed by atoms with E-state index in [-0.39, 0.29) is 0 Å². The first-order valence-corrected chi connectivity index (χ1v) is 7.63. The van der Waals surface area contributed by atoms with E-state index >= 15 is 0 Å². The van der Waals surface area contributed by atoms with Gasteiger partial charge in [-0.1, -0.05) is 25.3 Å². The molecule has 0 amide bonds. The van der Waals surface area contributed by atoms with Crippen molar-refractivity contribution in [3.8, 4) is 0 Å². The number of fused-ring (bicyclic) bond motifs is 1. The third kappa shape index (κ3) is 2.62. The zero-order chi connectivity index (χ0) is 13.2. The van der Waals surface area contributed by atoms with Crippen LogP contribution in [0.3, 0.4) is 0 Å². The van der Waals surface area contributed by atoms with Crippen molar-refractivity contribution in [1.82, 2.24) is 4.98 Å². The van der Waals surface area contributed by atoms with Gasteiger partial charge >= 0.3 is 0 Å². The lowest BCUT2D eigenvalue weighted by molar-refractivity contribution is 0.192. The van der Waals surface area contributed by atoms with E-state index in [4.69, 9.17) is 0 Å². The maximum Gasteiger partial charge on any atom is 0.134 e. The van der Waals surface area contributed by atoms with Crippen molar-refractivity contribution < 1.29 is 5.11 Å². The van der Waals surface area contributed by atoms with Crippen LogP contribution >= 0.6 is 0 Å². The highest BCUT2D eigenvalue weighted by Gasteiger charge is 2.32. The third-order valence-corrected chi connectivity index (χ3v) is 4.86. The maximum absolute atomic E-state index is 9.90. The van der Waals surface area contributed by atoms with Gasteiger partial charge in [-0.05, 0) is 37.7 Å². The van der Waals surface area contributed by atoms with Crippen LogP contribution in [0.2, 0.25) is 0 Å². The lowest BCUT2D eigenvalue weighted by Crippen LogP contribution is -2.42. The molecule has 1 aromatic rings. The largest absolute Gasteiger partial charge is 0.389 e. The summed E-state index contributed by atoms with van der Waals surface area (Å²) in [6, 6.07) is 3.92. The van der Waals surface area contributed by atoms with Crippen LogP contribution in [0.1, 0.15) is 50.7 Å². The van der Waals surface area contributed by atoms with Gasteiger partial charge < -0.3 is 10.0 Å². The number of piperidine rings is 1. The van der Waals surface area contributed by atoms with Gasteiger partial charge in [-0.25, -0.2) is 4.98 Å². The molecule has 19 heavy (non-hydrogen) atoms. The highest BCUT2D eigenvalue weighted by Crippen LogP contribution is 2.38. The molecule has 1 aliphatic carbocycles. The van der Waals surface area contributed by atoms with Crippen LogP contribution in [-0.4, -0.2) is 23.2 Å². The van der Waals surface area contributed by atoms with Gasteiger partial charge in [-0.2, -0.15) is 0 Å². The monoisotopic (exact) mass is 260 g/mol. The van der Waals surface area contributed by atoms with Gasteiger partial charge in [0.25, 0.3) is 0 Å². The molecule has 2 aliphatic rings. The number of hydrogen-bond acceptors (Lipinski definition) is 3. The molecule has 1 N–H and O–H groups in total. The van der Waals surface area contributed by atoms with E-state index in [0.29, 0.717) is 0 Å². The molecular formula is C16H24N2O.